The molecule has 2 saturated heterocycles. The van der Waals surface area contributed by atoms with Crippen LogP contribution >= 0.6 is 24.2 Å². The lowest BCUT2D eigenvalue weighted by Gasteiger charge is -2.27. The van der Waals surface area contributed by atoms with Crippen molar-refractivity contribution in [2.24, 2.45) is 0 Å². The van der Waals surface area contributed by atoms with E-state index in [1.807, 2.05) is 29.7 Å². The molecule has 8 heteroatoms. The Morgan fingerprint density at radius 1 is 1.32 bits per heavy atom. The van der Waals surface area contributed by atoms with Gasteiger partial charge in [0.1, 0.15) is 6.10 Å². The number of benzene rings is 1. The molecule has 1 atom stereocenters. The number of nitrogens with one attached hydrogen (secondary N) is 2. The number of halogens is 1. The van der Waals surface area contributed by atoms with Crippen molar-refractivity contribution in [2.45, 2.75) is 13.0 Å². The standard InChI is InChI=1S/C17H23N3O3S.ClH/c1-12-10-13(17(22)20-5-8-24-9-6-20)2-3-14(12)19-16(21)15-11-18-4-7-23-15;/h2-3,10,15,18H,4-9,11H2,1H3,(H,19,21);1H. The van der Waals surface area contributed by atoms with E-state index < -0.39 is 6.10 Å². The molecule has 2 aliphatic rings. The van der Waals surface area contributed by atoms with Gasteiger partial charge in [-0.2, -0.15) is 11.8 Å². The van der Waals surface area contributed by atoms with Crippen molar-refractivity contribution in [1.29, 1.82) is 0 Å². The van der Waals surface area contributed by atoms with Gasteiger partial charge in [-0.1, -0.05) is 0 Å². The summed E-state index contributed by atoms with van der Waals surface area (Å²) in [4.78, 5) is 26.7. The monoisotopic (exact) mass is 385 g/mol. The van der Waals surface area contributed by atoms with Crippen LogP contribution in [0.3, 0.4) is 0 Å². The van der Waals surface area contributed by atoms with Gasteiger partial charge in [0.05, 0.1) is 6.61 Å². The van der Waals surface area contributed by atoms with E-state index in [1.54, 1.807) is 12.1 Å². The maximum absolute atomic E-state index is 12.5. The number of nitrogens with zero attached hydrogens (tertiary/aromatic N) is 1. The van der Waals surface area contributed by atoms with Gasteiger partial charge in [0.15, 0.2) is 0 Å². The Balaban J connectivity index is 0.00000225. The van der Waals surface area contributed by atoms with Crippen molar-refractivity contribution >= 4 is 41.7 Å². The molecule has 2 N–H and O–H groups in total. The van der Waals surface area contributed by atoms with Gasteiger partial charge >= 0.3 is 0 Å². The van der Waals surface area contributed by atoms with E-state index >= 15 is 0 Å². The Hall–Kier alpha value is -1.28. The van der Waals surface area contributed by atoms with E-state index in [1.165, 1.54) is 0 Å². The van der Waals surface area contributed by atoms with Gasteiger partial charge in [-0.05, 0) is 30.7 Å². The van der Waals surface area contributed by atoms with Gasteiger partial charge in [-0.15, -0.1) is 12.4 Å². The van der Waals surface area contributed by atoms with Crippen molar-refractivity contribution < 1.29 is 14.3 Å². The molecular formula is C17H24ClN3O3S. The van der Waals surface area contributed by atoms with Crippen molar-refractivity contribution in [3.63, 3.8) is 0 Å². The van der Waals surface area contributed by atoms with Crippen LogP contribution < -0.4 is 10.6 Å². The highest BCUT2D eigenvalue weighted by atomic mass is 35.5. The summed E-state index contributed by atoms with van der Waals surface area (Å²) in [6.45, 7) is 5.33. The first-order valence-corrected chi connectivity index (χ1v) is 9.41. The number of hydrogen-bond acceptors (Lipinski definition) is 5. The van der Waals surface area contributed by atoms with Crippen molar-refractivity contribution in [3.8, 4) is 0 Å². The zero-order valence-electron chi connectivity index (χ0n) is 14.2. The molecule has 138 valence electrons. The maximum atomic E-state index is 12.5. The largest absolute Gasteiger partial charge is 0.366 e. The normalized spacial score (nSPS) is 20.5. The summed E-state index contributed by atoms with van der Waals surface area (Å²) in [5.74, 6) is 1.90. The zero-order valence-corrected chi connectivity index (χ0v) is 15.9. The molecule has 0 bridgehead atoms. The second-order valence-corrected chi connectivity index (χ2v) is 7.21. The van der Waals surface area contributed by atoms with E-state index in [2.05, 4.69) is 10.6 Å². The molecule has 25 heavy (non-hydrogen) atoms. The van der Waals surface area contributed by atoms with E-state index in [-0.39, 0.29) is 24.2 Å². The number of anilines is 1. The van der Waals surface area contributed by atoms with E-state index in [4.69, 9.17) is 4.74 Å². The molecule has 0 saturated carbocycles. The number of amides is 2. The highest BCUT2D eigenvalue weighted by Crippen LogP contribution is 2.20. The Morgan fingerprint density at radius 3 is 2.72 bits per heavy atom. The van der Waals surface area contributed by atoms with Crippen LogP contribution in [-0.2, 0) is 9.53 Å². The van der Waals surface area contributed by atoms with Gasteiger partial charge in [-0.25, -0.2) is 0 Å². The van der Waals surface area contributed by atoms with Crippen molar-refractivity contribution in [3.05, 3.63) is 29.3 Å². The van der Waals surface area contributed by atoms with E-state index in [0.29, 0.717) is 18.7 Å². The summed E-state index contributed by atoms with van der Waals surface area (Å²) in [6.07, 6.45) is -0.467. The van der Waals surface area contributed by atoms with Crippen molar-refractivity contribution in [1.82, 2.24) is 10.2 Å². The lowest BCUT2D eigenvalue weighted by Crippen LogP contribution is -2.45. The number of carbonyl (C=O) groups excluding carboxylic acids is 2. The average molecular weight is 386 g/mol. The fourth-order valence-corrected chi connectivity index (χ4v) is 3.74. The molecule has 6 nitrogen and oxygen atoms in total. The first-order chi connectivity index (χ1) is 11.6. The molecular weight excluding hydrogens is 362 g/mol. The predicted octanol–water partition coefficient (Wildman–Crippen LogP) is 1.53. The number of aryl methyl sites for hydroxylation is 1. The third-order valence-corrected chi connectivity index (χ3v) is 5.19. The molecule has 0 aromatic heterocycles. The molecule has 3 rings (SSSR count). The topological polar surface area (TPSA) is 70.7 Å². The molecule has 2 aliphatic heterocycles. The molecule has 1 aromatic carbocycles. The zero-order chi connectivity index (χ0) is 16.9. The number of rotatable bonds is 3. The molecule has 0 aliphatic carbocycles. The van der Waals surface area contributed by atoms with Crippen LogP contribution in [0.4, 0.5) is 5.69 Å². The fraction of sp³-hybridized carbons (Fsp3) is 0.529. The minimum atomic E-state index is -0.467. The van der Waals surface area contributed by atoms with Gasteiger partial charge in [0, 0.05) is 48.9 Å². The van der Waals surface area contributed by atoms with Crippen LogP contribution in [0, 0.1) is 6.92 Å². The fourth-order valence-electron chi connectivity index (χ4n) is 2.83. The summed E-state index contributed by atoms with van der Waals surface area (Å²) in [6, 6.07) is 5.43. The maximum Gasteiger partial charge on any atom is 0.254 e. The SMILES string of the molecule is Cc1cc(C(=O)N2CCSCC2)ccc1NC(=O)C1CNCCO1.Cl. The minimum absolute atomic E-state index is 0. The number of carbonyl (C=O) groups is 2. The average Bonchev–Trinajstić information content (AvgIpc) is 2.64. The molecule has 0 radical (unpaired) electrons. The number of morpholine rings is 1. The van der Waals surface area contributed by atoms with Gasteiger partial charge in [-0.3, -0.25) is 9.59 Å². The Labute approximate surface area is 158 Å². The quantitative estimate of drug-likeness (QED) is 0.825. The number of ether oxygens (including phenoxy) is 1. The molecule has 2 amide bonds. The summed E-state index contributed by atoms with van der Waals surface area (Å²) in [5, 5.41) is 6.03. The molecule has 1 aromatic rings. The van der Waals surface area contributed by atoms with E-state index in [0.717, 1.165) is 42.4 Å². The summed E-state index contributed by atoms with van der Waals surface area (Å²) in [5.41, 5.74) is 2.28. The second-order valence-electron chi connectivity index (χ2n) is 5.99. The highest BCUT2D eigenvalue weighted by Gasteiger charge is 2.23. The molecule has 1 unspecified atom stereocenters. The second kappa shape index (κ2) is 9.43. The minimum Gasteiger partial charge on any atom is -0.366 e. The highest BCUT2D eigenvalue weighted by molar-refractivity contribution is 7.99. The van der Waals surface area contributed by atoms with Crippen LogP contribution in [0.5, 0.6) is 0 Å². The van der Waals surface area contributed by atoms with Crippen LogP contribution in [0.1, 0.15) is 15.9 Å². The van der Waals surface area contributed by atoms with Crippen LogP contribution in [-0.4, -0.2) is 67.1 Å². The van der Waals surface area contributed by atoms with Crippen LogP contribution in [0.2, 0.25) is 0 Å². The van der Waals surface area contributed by atoms with Crippen LogP contribution in [0.25, 0.3) is 0 Å². The third kappa shape index (κ3) is 5.10. The summed E-state index contributed by atoms with van der Waals surface area (Å²) in [7, 11) is 0. The summed E-state index contributed by atoms with van der Waals surface area (Å²) >= 11 is 1.88. The lowest BCUT2D eigenvalue weighted by atomic mass is 10.1. The third-order valence-electron chi connectivity index (χ3n) is 4.25. The Morgan fingerprint density at radius 2 is 2.08 bits per heavy atom. The van der Waals surface area contributed by atoms with Gasteiger partial charge < -0.3 is 20.3 Å². The summed E-state index contributed by atoms with van der Waals surface area (Å²) < 4.78 is 5.46. The van der Waals surface area contributed by atoms with Gasteiger partial charge in [0.25, 0.3) is 11.8 Å². The van der Waals surface area contributed by atoms with Gasteiger partial charge in [0.2, 0.25) is 0 Å². The Bertz CT molecular complexity index is 617. The first kappa shape index (κ1) is 20.0. The first-order valence-electron chi connectivity index (χ1n) is 8.26. The Kier molecular flexibility index (Phi) is 7.56. The number of thioether (sulfide) groups is 1. The number of hydrogen-bond donors (Lipinski definition) is 2. The smallest absolute Gasteiger partial charge is 0.254 e. The molecule has 0 spiro atoms. The van der Waals surface area contributed by atoms with Crippen molar-refractivity contribution in [2.75, 3.05) is 49.6 Å². The molecule has 2 heterocycles. The predicted molar refractivity (Wildman–Crippen MR) is 103 cm³/mol. The molecule has 2 fully saturated rings. The van der Waals surface area contributed by atoms with Crippen LogP contribution in [0.15, 0.2) is 18.2 Å². The van der Waals surface area contributed by atoms with E-state index in [9.17, 15) is 9.59 Å². The lowest BCUT2D eigenvalue weighted by molar-refractivity contribution is -0.128.